The first-order valence-electron chi connectivity index (χ1n) is 8.04. The van der Waals surface area contributed by atoms with Crippen LogP contribution in [0, 0.1) is 6.92 Å². The lowest BCUT2D eigenvalue weighted by Gasteiger charge is -2.19. The molecule has 0 unspecified atom stereocenters. The average molecular weight is 383 g/mol. The van der Waals surface area contributed by atoms with Crippen LogP contribution in [0.25, 0.3) is 11.1 Å². The van der Waals surface area contributed by atoms with Crippen molar-refractivity contribution in [2.75, 3.05) is 4.31 Å². The number of hydrogen-bond donors (Lipinski definition) is 3. The molecule has 0 fully saturated rings. The largest absolute Gasteiger partial charge is 0.507 e. The smallest absolute Gasteiger partial charge is 0.339 e. The van der Waals surface area contributed by atoms with E-state index in [0.29, 0.717) is 5.69 Å². The molecule has 2 N–H and O–H groups in total. The van der Waals surface area contributed by atoms with Gasteiger partial charge in [0.15, 0.2) is 0 Å². The topological polar surface area (TPSA) is 94.9 Å². The third kappa shape index (κ3) is 3.93. The highest BCUT2D eigenvalue weighted by atomic mass is 32.2. The summed E-state index contributed by atoms with van der Waals surface area (Å²) in [5.74, 6) is -1.80. The molecule has 3 aromatic carbocycles. The quantitative estimate of drug-likeness (QED) is 0.584. The number of carboxylic acid groups (broad SMARTS) is 1. The third-order valence-electron chi connectivity index (χ3n) is 4.06. The summed E-state index contributed by atoms with van der Waals surface area (Å²) in [6.07, 6.45) is 0. The van der Waals surface area contributed by atoms with E-state index in [0.717, 1.165) is 27.1 Å². The summed E-state index contributed by atoms with van der Waals surface area (Å²) in [4.78, 5) is 11.0. The van der Waals surface area contributed by atoms with Crippen molar-refractivity contribution in [2.24, 2.45) is 0 Å². The van der Waals surface area contributed by atoms with Gasteiger partial charge in [0.05, 0.1) is 11.4 Å². The van der Waals surface area contributed by atoms with Gasteiger partial charge in [0.1, 0.15) is 11.3 Å². The second-order valence-electron chi connectivity index (χ2n) is 5.98. The number of benzene rings is 3. The van der Waals surface area contributed by atoms with Crippen LogP contribution in [0.15, 0.2) is 66.7 Å². The summed E-state index contributed by atoms with van der Waals surface area (Å²) in [6.45, 7) is 1.97. The Hall–Kier alpha value is -3.32. The van der Waals surface area contributed by atoms with E-state index in [1.807, 2.05) is 37.3 Å². The Morgan fingerprint density at radius 3 is 2.11 bits per heavy atom. The molecule has 27 heavy (non-hydrogen) atoms. The molecule has 0 amide bonds. The monoisotopic (exact) mass is 383 g/mol. The van der Waals surface area contributed by atoms with Gasteiger partial charge < -0.3 is 10.2 Å². The summed E-state index contributed by atoms with van der Waals surface area (Å²) in [7, 11) is -3.07. The van der Waals surface area contributed by atoms with Gasteiger partial charge in [-0.1, -0.05) is 42.0 Å². The highest BCUT2D eigenvalue weighted by Crippen LogP contribution is 2.33. The lowest BCUT2D eigenvalue weighted by Crippen LogP contribution is -2.14. The lowest BCUT2D eigenvalue weighted by molar-refractivity contribution is 0.0694. The Kier molecular flexibility index (Phi) is 5.14. The molecule has 0 aliphatic carbocycles. The van der Waals surface area contributed by atoms with Crippen LogP contribution in [-0.2, 0) is 10.9 Å². The van der Waals surface area contributed by atoms with Gasteiger partial charge in [-0.25, -0.2) is 17.5 Å². The van der Waals surface area contributed by atoms with Crippen molar-refractivity contribution in [3.8, 4) is 16.9 Å². The maximum Gasteiger partial charge on any atom is 0.339 e. The fourth-order valence-electron chi connectivity index (χ4n) is 2.81. The van der Waals surface area contributed by atoms with Gasteiger partial charge in [-0.2, -0.15) is 0 Å². The van der Waals surface area contributed by atoms with Crippen LogP contribution in [0.1, 0.15) is 15.9 Å². The molecule has 0 saturated heterocycles. The maximum absolute atomic E-state index is 11.9. The molecule has 3 aromatic rings. The van der Waals surface area contributed by atoms with Gasteiger partial charge in [0.2, 0.25) is 10.9 Å². The number of aromatic hydroxyl groups is 1. The number of phenols is 1. The van der Waals surface area contributed by atoms with E-state index in [-0.39, 0.29) is 11.3 Å². The minimum atomic E-state index is -3.07. The van der Waals surface area contributed by atoms with Gasteiger partial charge >= 0.3 is 5.97 Å². The minimum absolute atomic E-state index is 0.148. The Labute approximate surface area is 158 Å². The minimum Gasteiger partial charge on any atom is -0.507 e. The second-order valence-corrected chi connectivity index (χ2v) is 6.85. The number of anilines is 2. The zero-order valence-electron chi connectivity index (χ0n) is 14.4. The van der Waals surface area contributed by atoms with Gasteiger partial charge in [-0.3, -0.25) is 0 Å². The predicted molar refractivity (Wildman–Crippen MR) is 104 cm³/mol. The van der Waals surface area contributed by atoms with E-state index in [1.54, 1.807) is 18.2 Å². The molecule has 0 atom stereocenters. The second kappa shape index (κ2) is 7.51. The average Bonchev–Trinajstić information content (AvgIpc) is 2.61. The van der Waals surface area contributed by atoms with E-state index in [2.05, 4.69) is 0 Å². The molecule has 0 saturated carbocycles. The number of hydrogen-bond acceptors (Lipinski definition) is 4. The molecular formula is C20H17NO5S. The zero-order valence-corrected chi connectivity index (χ0v) is 15.3. The molecule has 0 aliphatic rings. The Bertz CT molecular complexity index is 1080. The lowest BCUT2D eigenvalue weighted by atomic mass is 10.0. The number of rotatable bonds is 5. The summed E-state index contributed by atoms with van der Waals surface area (Å²) in [6, 6.07) is 18.4. The van der Waals surface area contributed by atoms with Crippen molar-refractivity contribution in [1.82, 2.24) is 0 Å². The zero-order chi connectivity index (χ0) is 19.6. The highest BCUT2D eigenvalue weighted by Gasteiger charge is 2.17. The fourth-order valence-corrected chi connectivity index (χ4v) is 3.44. The van der Waals surface area contributed by atoms with E-state index < -0.39 is 22.6 Å². The van der Waals surface area contributed by atoms with Crippen molar-refractivity contribution in [1.29, 1.82) is 0 Å². The van der Waals surface area contributed by atoms with Crippen LogP contribution in [0.5, 0.6) is 5.75 Å². The molecule has 7 heteroatoms. The van der Waals surface area contributed by atoms with Crippen molar-refractivity contribution in [3.63, 3.8) is 0 Å². The molecule has 0 radical (unpaired) electrons. The standard InChI is InChI=1S/C20H17NO5S/c1-13-4-2-5-14(10-13)15-6-3-7-16(11-15)21(27(25)26)17-8-9-18(20(23)24)19(22)12-17/h2-12,22,27H,1H3,(H,23,24). The van der Waals surface area contributed by atoms with Gasteiger partial charge in [-0.05, 0) is 42.3 Å². The Balaban J connectivity index is 2.08. The normalized spacial score (nSPS) is 10.7. The van der Waals surface area contributed by atoms with Crippen molar-refractivity contribution in [3.05, 3.63) is 77.9 Å². The molecular weight excluding hydrogens is 366 g/mol. The molecule has 0 heterocycles. The van der Waals surface area contributed by atoms with Crippen LogP contribution in [0.2, 0.25) is 0 Å². The van der Waals surface area contributed by atoms with Crippen LogP contribution < -0.4 is 4.31 Å². The van der Waals surface area contributed by atoms with Crippen LogP contribution in [0.4, 0.5) is 11.4 Å². The number of carboxylic acids is 1. The predicted octanol–water partition coefficient (Wildman–Crippen LogP) is 3.73. The van der Waals surface area contributed by atoms with E-state index in [1.165, 1.54) is 12.1 Å². The summed E-state index contributed by atoms with van der Waals surface area (Å²) >= 11 is 0. The third-order valence-corrected chi connectivity index (χ3v) is 4.85. The van der Waals surface area contributed by atoms with Crippen molar-refractivity contribution < 1.29 is 23.4 Å². The first kappa shape index (κ1) is 18.5. The van der Waals surface area contributed by atoms with E-state index >= 15 is 0 Å². The summed E-state index contributed by atoms with van der Waals surface area (Å²) < 4.78 is 24.8. The van der Waals surface area contributed by atoms with Crippen LogP contribution in [0.3, 0.4) is 0 Å². The molecule has 3 rings (SSSR count). The maximum atomic E-state index is 11.9. The first-order valence-corrected chi connectivity index (χ1v) is 9.17. The number of aryl methyl sites for hydroxylation is 1. The van der Waals surface area contributed by atoms with E-state index in [4.69, 9.17) is 5.11 Å². The van der Waals surface area contributed by atoms with Crippen LogP contribution >= 0.6 is 0 Å². The summed E-state index contributed by atoms with van der Waals surface area (Å²) in [5, 5.41) is 18.9. The first-order chi connectivity index (χ1) is 12.9. The highest BCUT2D eigenvalue weighted by molar-refractivity contribution is 7.74. The van der Waals surface area contributed by atoms with Crippen molar-refractivity contribution >= 4 is 28.2 Å². The fraction of sp³-hybridized carbons (Fsp3) is 0.0500. The van der Waals surface area contributed by atoms with Gasteiger partial charge in [0.25, 0.3) is 0 Å². The number of carbonyl (C=O) groups is 1. The molecule has 0 spiro atoms. The Morgan fingerprint density at radius 2 is 1.52 bits per heavy atom. The molecule has 0 aliphatic heterocycles. The van der Waals surface area contributed by atoms with Crippen LogP contribution in [-0.4, -0.2) is 24.6 Å². The Morgan fingerprint density at radius 1 is 0.889 bits per heavy atom. The SMILES string of the molecule is Cc1cccc(-c2cccc(N(c3ccc(C(=O)O)c(O)c3)[SH](=O)=O)c2)c1. The summed E-state index contributed by atoms with van der Waals surface area (Å²) in [5.41, 5.74) is 3.10. The van der Waals surface area contributed by atoms with Gasteiger partial charge in [0, 0.05) is 6.07 Å². The van der Waals surface area contributed by atoms with Gasteiger partial charge in [-0.15, -0.1) is 0 Å². The molecule has 0 bridgehead atoms. The number of aromatic carboxylic acids is 1. The van der Waals surface area contributed by atoms with Crippen molar-refractivity contribution in [2.45, 2.75) is 6.92 Å². The molecule has 138 valence electrons. The van der Waals surface area contributed by atoms with E-state index in [9.17, 15) is 18.3 Å². The molecule has 0 aromatic heterocycles. The molecule has 6 nitrogen and oxygen atoms in total. The number of nitrogens with zero attached hydrogens (tertiary/aromatic N) is 1. The number of thiol groups is 1.